The first-order valence-corrected chi connectivity index (χ1v) is 6.66. The van der Waals surface area contributed by atoms with Crippen LogP contribution in [0.15, 0.2) is 22.8 Å². The van der Waals surface area contributed by atoms with Crippen molar-refractivity contribution in [2.24, 2.45) is 5.41 Å². The second-order valence-corrected chi connectivity index (χ2v) is 5.15. The summed E-state index contributed by atoms with van der Waals surface area (Å²) in [5.41, 5.74) is -0.223. The van der Waals surface area contributed by atoms with Crippen LogP contribution >= 0.6 is 0 Å². The topological polar surface area (TPSA) is 45.5 Å². The van der Waals surface area contributed by atoms with Crippen molar-refractivity contribution in [3.8, 4) is 0 Å². The Morgan fingerprint density at radius 3 is 3.00 bits per heavy atom. The van der Waals surface area contributed by atoms with E-state index in [1.165, 1.54) is 0 Å². The van der Waals surface area contributed by atoms with Gasteiger partial charge in [-0.1, -0.05) is 6.92 Å². The summed E-state index contributed by atoms with van der Waals surface area (Å²) in [6, 6.07) is 3.76. The maximum absolute atomic E-state index is 12.6. The highest BCUT2D eigenvalue weighted by molar-refractivity contribution is 5.82. The second-order valence-electron chi connectivity index (χ2n) is 5.15. The molecule has 1 atom stereocenters. The van der Waals surface area contributed by atoms with Gasteiger partial charge in [0.2, 0.25) is 5.91 Å². The van der Waals surface area contributed by atoms with Crippen molar-refractivity contribution in [1.29, 1.82) is 0 Å². The van der Waals surface area contributed by atoms with Crippen molar-refractivity contribution >= 4 is 5.91 Å². The third-order valence-corrected chi connectivity index (χ3v) is 3.92. The molecule has 1 aliphatic rings. The largest absolute Gasteiger partial charge is 0.467 e. The van der Waals surface area contributed by atoms with Gasteiger partial charge in [0.25, 0.3) is 0 Å². The van der Waals surface area contributed by atoms with E-state index in [0.717, 1.165) is 38.1 Å². The molecule has 1 saturated heterocycles. The van der Waals surface area contributed by atoms with E-state index in [-0.39, 0.29) is 11.3 Å². The Balaban J connectivity index is 2.04. The van der Waals surface area contributed by atoms with Crippen molar-refractivity contribution in [3.05, 3.63) is 24.2 Å². The van der Waals surface area contributed by atoms with Crippen LogP contribution in [-0.4, -0.2) is 30.9 Å². The Labute approximate surface area is 108 Å². The predicted octanol–water partition coefficient (Wildman–Crippen LogP) is 2.02. The summed E-state index contributed by atoms with van der Waals surface area (Å²) in [5, 5.41) is 3.35. The Kier molecular flexibility index (Phi) is 4.07. The minimum atomic E-state index is -0.223. The summed E-state index contributed by atoms with van der Waals surface area (Å²) in [6.07, 6.45) is 4.60. The summed E-state index contributed by atoms with van der Waals surface area (Å²) < 4.78 is 5.30. The van der Waals surface area contributed by atoms with E-state index in [1.54, 1.807) is 11.2 Å². The lowest BCUT2D eigenvalue weighted by Crippen LogP contribution is -2.50. The molecule has 1 amide bonds. The van der Waals surface area contributed by atoms with Gasteiger partial charge in [-0.3, -0.25) is 4.79 Å². The molecule has 0 saturated carbocycles. The summed E-state index contributed by atoms with van der Waals surface area (Å²) >= 11 is 0. The molecule has 0 aliphatic carbocycles. The van der Waals surface area contributed by atoms with Crippen molar-refractivity contribution in [1.82, 2.24) is 10.2 Å². The van der Waals surface area contributed by atoms with Crippen LogP contribution < -0.4 is 5.32 Å². The number of piperidine rings is 1. The third kappa shape index (κ3) is 2.58. The van der Waals surface area contributed by atoms with Gasteiger partial charge in [0, 0.05) is 13.6 Å². The minimum absolute atomic E-state index is 0.223. The lowest BCUT2D eigenvalue weighted by Gasteiger charge is -2.38. The van der Waals surface area contributed by atoms with E-state index in [9.17, 15) is 4.79 Å². The molecule has 0 aromatic carbocycles. The molecule has 4 heteroatoms. The number of nitrogens with zero attached hydrogens (tertiary/aromatic N) is 1. The van der Waals surface area contributed by atoms with Gasteiger partial charge in [0.1, 0.15) is 5.76 Å². The summed E-state index contributed by atoms with van der Waals surface area (Å²) in [4.78, 5) is 14.4. The average molecular weight is 250 g/mol. The number of furan rings is 1. The Morgan fingerprint density at radius 2 is 2.44 bits per heavy atom. The number of hydrogen-bond donors (Lipinski definition) is 1. The van der Waals surface area contributed by atoms with Gasteiger partial charge in [-0.25, -0.2) is 0 Å². The molecule has 1 N–H and O–H groups in total. The molecule has 2 rings (SSSR count). The molecule has 0 radical (unpaired) electrons. The van der Waals surface area contributed by atoms with Gasteiger partial charge in [-0.2, -0.15) is 0 Å². The van der Waals surface area contributed by atoms with Gasteiger partial charge in [0.05, 0.1) is 18.2 Å². The van der Waals surface area contributed by atoms with Crippen LogP contribution in [0.1, 0.15) is 31.9 Å². The number of carbonyl (C=O) groups is 1. The third-order valence-electron chi connectivity index (χ3n) is 3.92. The van der Waals surface area contributed by atoms with Crippen LogP contribution in [0.2, 0.25) is 0 Å². The van der Waals surface area contributed by atoms with Crippen LogP contribution in [0, 0.1) is 5.41 Å². The molecule has 4 nitrogen and oxygen atoms in total. The number of amides is 1. The first kappa shape index (κ1) is 13.1. The van der Waals surface area contributed by atoms with Crippen molar-refractivity contribution < 1.29 is 9.21 Å². The lowest BCUT2D eigenvalue weighted by molar-refractivity contribution is -0.143. The Hall–Kier alpha value is -1.29. The first-order valence-electron chi connectivity index (χ1n) is 6.66. The van der Waals surface area contributed by atoms with E-state index < -0.39 is 0 Å². The predicted molar refractivity (Wildman–Crippen MR) is 70.0 cm³/mol. The molecular weight excluding hydrogens is 228 g/mol. The van der Waals surface area contributed by atoms with Gasteiger partial charge < -0.3 is 14.6 Å². The molecule has 1 fully saturated rings. The monoisotopic (exact) mass is 250 g/mol. The molecule has 1 unspecified atom stereocenters. The first-order chi connectivity index (χ1) is 8.68. The molecule has 2 heterocycles. The minimum Gasteiger partial charge on any atom is -0.467 e. The number of nitrogens with one attached hydrogen (secondary N) is 1. The lowest BCUT2D eigenvalue weighted by atomic mass is 9.77. The molecule has 100 valence electrons. The SMILES string of the molecule is CCC1(C(=O)N(C)Cc2ccco2)CCCNC1. The Bertz CT molecular complexity index is 381. The number of rotatable bonds is 4. The molecule has 0 bridgehead atoms. The summed E-state index contributed by atoms with van der Waals surface area (Å²) in [5.74, 6) is 1.06. The number of carbonyl (C=O) groups excluding carboxylic acids is 1. The quantitative estimate of drug-likeness (QED) is 0.889. The van der Waals surface area contributed by atoms with Crippen LogP contribution in [0.4, 0.5) is 0 Å². The zero-order chi connectivity index (χ0) is 13.0. The van der Waals surface area contributed by atoms with Gasteiger partial charge in [-0.15, -0.1) is 0 Å². The standard InChI is InChI=1S/C14H22N2O2/c1-3-14(7-5-8-15-11-14)13(17)16(2)10-12-6-4-9-18-12/h4,6,9,15H,3,5,7-8,10-11H2,1-2H3. The van der Waals surface area contributed by atoms with Gasteiger partial charge >= 0.3 is 0 Å². The second kappa shape index (κ2) is 5.57. The zero-order valence-electron chi connectivity index (χ0n) is 11.2. The van der Waals surface area contributed by atoms with E-state index >= 15 is 0 Å². The fourth-order valence-corrected chi connectivity index (χ4v) is 2.72. The van der Waals surface area contributed by atoms with E-state index in [1.807, 2.05) is 19.2 Å². The van der Waals surface area contributed by atoms with Crippen LogP contribution in [-0.2, 0) is 11.3 Å². The number of hydrogen-bond acceptors (Lipinski definition) is 3. The molecule has 1 aromatic heterocycles. The fourth-order valence-electron chi connectivity index (χ4n) is 2.72. The van der Waals surface area contributed by atoms with E-state index in [4.69, 9.17) is 4.42 Å². The van der Waals surface area contributed by atoms with Crippen molar-refractivity contribution in [2.75, 3.05) is 20.1 Å². The van der Waals surface area contributed by atoms with Gasteiger partial charge in [-0.05, 0) is 37.9 Å². The molecule has 0 spiro atoms. The van der Waals surface area contributed by atoms with E-state index in [2.05, 4.69) is 12.2 Å². The van der Waals surface area contributed by atoms with Crippen LogP contribution in [0.5, 0.6) is 0 Å². The summed E-state index contributed by atoms with van der Waals surface area (Å²) in [6.45, 7) is 4.47. The fraction of sp³-hybridized carbons (Fsp3) is 0.643. The zero-order valence-corrected chi connectivity index (χ0v) is 11.2. The Morgan fingerprint density at radius 1 is 1.61 bits per heavy atom. The molecular formula is C14H22N2O2. The summed E-state index contributed by atoms with van der Waals surface area (Å²) in [7, 11) is 1.86. The molecule has 18 heavy (non-hydrogen) atoms. The van der Waals surface area contributed by atoms with Crippen molar-refractivity contribution in [3.63, 3.8) is 0 Å². The van der Waals surface area contributed by atoms with Crippen molar-refractivity contribution in [2.45, 2.75) is 32.7 Å². The van der Waals surface area contributed by atoms with Gasteiger partial charge in [0.15, 0.2) is 0 Å². The normalized spacial score (nSPS) is 23.9. The van der Waals surface area contributed by atoms with Crippen LogP contribution in [0.3, 0.4) is 0 Å². The average Bonchev–Trinajstić information content (AvgIpc) is 2.91. The molecule has 1 aromatic rings. The highest BCUT2D eigenvalue weighted by Gasteiger charge is 2.39. The highest BCUT2D eigenvalue weighted by Crippen LogP contribution is 2.32. The highest BCUT2D eigenvalue weighted by atomic mass is 16.3. The maximum Gasteiger partial charge on any atom is 0.230 e. The van der Waals surface area contributed by atoms with E-state index in [0.29, 0.717) is 6.54 Å². The van der Waals surface area contributed by atoms with Crippen LogP contribution in [0.25, 0.3) is 0 Å². The smallest absolute Gasteiger partial charge is 0.230 e. The molecule has 1 aliphatic heterocycles. The maximum atomic E-state index is 12.6.